The predicted molar refractivity (Wildman–Crippen MR) is 81.8 cm³/mol. The van der Waals surface area contributed by atoms with Crippen LogP contribution in [-0.2, 0) is 20.7 Å². The molecule has 0 radical (unpaired) electrons. The number of benzene rings is 1. The fraction of sp³-hybridized carbons (Fsp3) is 0.500. The van der Waals surface area contributed by atoms with Gasteiger partial charge < -0.3 is 24.2 Å². The van der Waals surface area contributed by atoms with Gasteiger partial charge in [0.25, 0.3) is 0 Å². The van der Waals surface area contributed by atoms with Gasteiger partial charge in [0.15, 0.2) is 11.5 Å². The summed E-state index contributed by atoms with van der Waals surface area (Å²) in [7, 11) is 3.08. The topological polar surface area (TPSA) is 85.3 Å². The summed E-state index contributed by atoms with van der Waals surface area (Å²) in [6.07, 6.45) is 0.0636. The summed E-state index contributed by atoms with van der Waals surface area (Å²) in [5.74, 6) is 0.0943. The van der Waals surface area contributed by atoms with E-state index in [0.29, 0.717) is 24.7 Å². The molecule has 2 rings (SSSR count). The maximum Gasteiger partial charge on any atom is 0.305 e. The molecular formula is C16H21NO6. The van der Waals surface area contributed by atoms with Crippen LogP contribution in [0.2, 0.25) is 0 Å². The monoisotopic (exact) mass is 323 g/mol. The van der Waals surface area contributed by atoms with Crippen molar-refractivity contribution in [3.8, 4) is 11.5 Å². The van der Waals surface area contributed by atoms with Crippen LogP contribution in [0.25, 0.3) is 0 Å². The first-order chi connectivity index (χ1) is 11.0. The van der Waals surface area contributed by atoms with Gasteiger partial charge in [-0.3, -0.25) is 9.59 Å². The molecule has 0 bridgehead atoms. The van der Waals surface area contributed by atoms with Gasteiger partial charge in [0, 0.05) is 6.54 Å². The third-order valence-corrected chi connectivity index (χ3v) is 3.76. The van der Waals surface area contributed by atoms with Crippen molar-refractivity contribution in [2.24, 2.45) is 0 Å². The molecule has 126 valence electrons. The Labute approximate surface area is 134 Å². The lowest BCUT2D eigenvalue weighted by atomic mass is 10.1. The van der Waals surface area contributed by atoms with Crippen molar-refractivity contribution in [1.29, 1.82) is 0 Å². The first-order valence-electron chi connectivity index (χ1n) is 7.35. The van der Waals surface area contributed by atoms with Crippen LogP contribution in [-0.4, -0.2) is 61.9 Å². The van der Waals surface area contributed by atoms with E-state index in [1.54, 1.807) is 30.2 Å². The number of methoxy groups -OCH3 is 2. The van der Waals surface area contributed by atoms with E-state index < -0.39 is 12.0 Å². The molecule has 0 spiro atoms. The van der Waals surface area contributed by atoms with Crippen molar-refractivity contribution in [1.82, 2.24) is 4.90 Å². The molecule has 0 saturated carbocycles. The van der Waals surface area contributed by atoms with E-state index in [-0.39, 0.29) is 25.4 Å². The SMILES string of the molecule is COc1ccc(CC(=O)N2CCOCC2CC(=O)O)cc1OC. The van der Waals surface area contributed by atoms with Crippen LogP contribution in [0.4, 0.5) is 0 Å². The summed E-state index contributed by atoms with van der Waals surface area (Å²) in [5.41, 5.74) is 0.785. The Morgan fingerprint density at radius 2 is 2.04 bits per heavy atom. The number of carboxylic acid groups (broad SMARTS) is 1. The lowest BCUT2D eigenvalue weighted by molar-refractivity contribution is -0.145. The second-order valence-corrected chi connectivity index (χ2v) is 5.28. The molecule has 7 heteroatoms. The predicted octanol–water partition coefficient (Wildman–Crippen LogP) is 0.948. The van der Waals surface area contributed by atoms with Crippen LogP contribution in [0.5, 0.6) is 11.5 Å². The summed E-state index contributed by atoms with van der Waals surface area (Å²) in [6.45, 7) is 1.09. The van der Waals surface area contributed by atoms with Crippen LogP contribution >= 0.6 is 0 Å². The largest absolute Gasteiger partial charge is 0.493 e. The molecule has 1 N–H and O–H groups in total. The Hall–Kier alpha value is -2.28. The number of carboxylic acids is 1. The molecule has 1 saturated heterocycles. The van der Waals surface area contributed by atoms with E-state index in [2.05, 4.69) is 0 Å². The lowest BCUT2D eigenvalue weighted by Crippen LogP contribution is -2.50. The fourth-order valence-electron chi connectivity index (χ4n) is 2.62. The third-order valence-electron chi connectivity index (χ3n) is 3.76. The summed E-state index contributed by atoms with van der Waals surface area (Å²) in [4.78, 5) is 25.0. The quantitative estimate of drug-likeness (QED) is 0.839. The molecule has 1 aliphatic rings. The number of morpholine rings is 1. The van der Waals surface area contributed by atoms with Crippen molar-refractivity contribution in [3.05, 3.63) is 23.8 Å². The zero-order valence-corrected chi connectivity index (χ0v) is 13.3. The van der Waals surface area contributed by atoms with E-state index in [0.717, 1.165) is 5.56 Å². The highest BCUT2D eigenvalue weighted by molar-refractivity contribution is 5.80. The van der Waals surface area contributed by atoms with Gasteiger partial charge >= 0.3 is 5.97 Å². The minimum Gasteiger partial charge on any atom is -0.493 e. The molecule has 0 aromatic heterocycles. The Morgan fingerprint density at radius 3 is 2.70 bits per heavy atom. The number of hydrogen-bond acceptors (Lipinski definition) is 5. The minimum atomic E-state index is -0.940. The number of rotatable bonds is 6. The number of amides is 1. The van der Waals surface area contributed by atoms with Gasteiger partial charge in [0.05, 0.1) is 46.3 Å². The van der Waals surface area contributed by atoms with Crippen molar-refractivity contribution >= 4 is 11.9 Å². The molecule has 7 nitrogen and oxygen atoms in total. The maximum atomic E-state index is 12.5. The van der Waals surface area contributed by atoms with E-state index in [1.165, 1.54) is 7.11 Å². The van der Waals surface area contributed by atoms with E-state index in [4.69, 9.17) is 19.3 Å². The van der Waals surface area contributed by atoms with Crippen LogP contribution in [0.15, 0.2) is 18.2 Å². The number of hydrogen-bond donors (Lipinski definition) is 1. The van der Waals surface area contributed by atoms with Gasteiger partial charge in [0.1, 0.15) is 0 Å². The average Bonchev–Trinajstić information content (AvgIpc) is 2.54. The number of carbonyl (C=O) groups is 2. The van der Waals surface area contributed by atoms with Gasteiger partial charge in [-0.2, -0.15) is 0 Å². The van der Waals surface area contributed by atoms with E-state index in [9.17, 15) is 9.59 Å². The van der Waals surface area contributed by atoms with Crippen molar-refractivity contribution in [2.45, 2.75) is 18.9 Å². The van der Waals surface area contributed by atoms with Crippen LogP contribution in [0.1, 0.15) is 12.0 Å². The molecule has 1 atom stereocenters. The lowest BCUT2D eigenvalue weighted by Gasteiger charge is -2.35. The highest BCUT2D eigenvalue weighted by atomic mass is 16.5. The number of ether oxygens (including phenoxy) is 3. The highest BCUT2D eigenvalue weighted by Gasteiger charge is 2.29. The summed E-state index contributed by atoms with van der Waals surface area (Å²) < 4.78 is 15.7. The normalized spacial score (nSPS) is 17.7. The standard InChI is InChI=1S/C16H21NO6/c1-21-13-4-3-11(7-14(13)22-2)8-15(18)17-5-6-23-10-12(17)9-16(19)20/h3-4,7,12H,5-6,8-10H2,1-2H3,(H,19,20). The van der Waals surface area contributed by atoms with Gasteiger partial charge in [0.2, 0.25) is 5.91 Å². The molecule has 1 aromatic carbocycles. The van der Waals surface area contributed by atoms with Gasteiger partial charge in [-0.25, -0.2) is 0 Å². The molecule has 1 heterocycles. The second kappa shape index (κ2) is 7.82. The van der Waals surface area contributed by atoms with Crippen LogP contribution < -0.4 is 9.47 Å². The van der Waals surface area contributed by atoms with Crippen molar-refractivity contribution in [3.63, 3.8) is 0 Å². The molecule has 23 heavy (non-hydrogen) atoms. The van der Waals surface area contributed by atoms with Crippen LogP contribution in [0, 0.1) is 0 Å². The minimum absolute atomic E-state index is 0.113. The van der Waals surface area contributed by atoms with E-state index >= 15 is 0 Å². The molecule has 1 amide bonds. The molecule has 1 aliphatic heterocycles. The zero-order valence-electron chi connectivity index (χ0n) is 13.3. The Balaban J connectivity index is 2.09. The van der Waals surface area contributed by atoms with Crippen LogP contribution in [0.3, 0.4) is 0 Å². The molecular weight excluding hydrogens is 302 g/mol. The molecule has 1 fully saturated rings. The second-order valence-electron chi connectivity index (χ2n) is 5.28. The smallest absolute Gasteiger partial charge is 0.305 e. The molecule has 0 aliphatic carbocycles. The van der Waals surface area contributed by atoms with E-state index in [1.807, 2.05) is 0 Å². The number of aliphatic carboxylic acids is 1. The van der Waals surface area contributed by atoms with Crippen molar-refractivity contribution in [2.75, 3.05) is 34.0 Å². The average molecular weight is 323 g/mol. The van der Waals surface area contributed by atoms with Gasteiger partial charge in [-0.1, -0.05) is 6.07 Å². The zero-order chi connectivity index (χ0) is 16.8. The van der Waals surface area contributed by atoms with Crippen molar-refractivity contribution < 1.29 is 28.9 Å². The summed E-state index contributed by atoms with van der Waals surface area (Å²) in [5, 5.41) is 8.96. The Bertz CT molecular complexity index is 574. The molecule has 1 unspecified atom stereocenters. The Kier molecular flexibility index (Phi) is 5.81. The summed E-state index contributed by atoms with van der Waals surface area (Å²) >= 11 is 0. The highest BCUT2D eigenvalue weighted by Crippen LogP contribution is 2.28. The first-order valence-corrected chi connectivity index (χ1v) is 7.35. The molecule has 1 aromatic rings. The van der Waals surface area contributed by atoms with Gasteiger partial charge in [-0.05, 0) is 17.7 Å². The maximum absolute atomic E-state index is 12.5. The first kappa shape index (κ1) is 17.1. The fourth-order valence-corrected chi connectivity index (χ4v) is 2.62. The third kappa shape index (κ3) is 4.35. The van der Waals surface area contributed by atoms with Gasteiger partial charge in [-0.15, -0.1) is 0 Å². The summed E-state index contributed by atoms with van der Waals surface area (Å²) in [6, 6.07) is 4.87. The number of nitrogens with zero attached hydrogens (tertiary/aromatic N) is 1. The number of carbonyl (C=O) groups excluding carboxylic acids is 1. The Morgan fingerprint density at radius 1 is 1.30 bits per heavy atom.